The zero-order valence-corrected chi connectivity index (χ0v) is 19.9. The third-order valence-electron chi connectivity index (χ3n) is 5.09. The average Bonchev–Trinajstić information content (AvgIpc) is 3.12. The van der Waals surface area contributed by atoms with Gasteiger partial charge in [-0.25, -0.2) is 4.39 Å². The second kappa shape index (κ2) is 10.6. The number of hydrogen-bond donors (Lipinski definition) is 1. The molecular weight excluding hydrogens is 471 g/mol. The highest BCUT2D eigenvalue weighted by molar-refractivity contribution is 8.27. The number of nitrogens with zero attached hydrogens (tertiary/aromatic N) is 1. The number of benzene rings is 3. The SMILES string of the molecule is CCc1ccc(NC(=O)COc2ccccc2/C=C2\SC(=S)N(c3ccc(F)cc3)C2=O)cc1. The molecule has 34 heavy (non-hydrogen) atoms. The fourth-order valence-corrected chi connectivity index (χ4v) is 4.61. The molecule has 0 atom stereocenters. The van der Waals surface area contributed by atoms with Crippen LogP contribution < -0.4 is 15.0 Å². The zero-order valence-electron chi connectivity index (χ0n) is 18.3. The van der Waals surface area contributed by atoms with Crippen molar-refractivity contribution in [3.8, 4) is 5.75 Å². The molecule has 0 bridgehead atoms. The van der Waals surface area contributed by atoms with E-state index in [0.717, 1.165) is 18.2 Å². The maximum atomic E-state index is 13.3. The van der Waals surface area contributed by atoms with Gasteiger partial charge < -0.3 is 10.1 Å². The summed E-state index contributed by atoms with van der Waals surface area (Å²) in [5.41, 5.74) is 3.03. The maximum absolute atomic E-state index is 13.3. The number of anilines is 2. The summed E-state index contributed by atoms with van der Waals surface area (Å²) < 4.78 is 19.4. The number of nitrogens with one attached hydrogen (secondary N) is 1. The maximum Gasteiger partial charge on any atom is 0.270 e. The molecule has 4 rings (SSSR count). The second-order valence-corrected chi connectivity index (χ2v) is 9.09. The molecule has 0 unspecified atom stereocenters. The Hall–Kier alpha value is -3.49. The normalized spacial score (nSPS) is 14.5. The Morgan fingerprint density at radius 3 is 2.50 bits per heavy atom. The summed E-state index contributed by atoms with van der Waals surface area (Å²) in [5.74, 6) is -0.518. The van der Waals surface area contributed by atoms with E-state index in [0.29, 0.717) is 31.9 Å². The van der Waals surface area contributed by atoms with Gasteiger partial charge in [0.15, 0.2) is 10.9 Å². The van der Waals surface area contributed by atoms with Crippen molar-refractivity contribution in [3.63, 3.8) is 0 Å². The van der Waals surface area contributed by atoms with Gasteiger partial charge in [0, 0.05) is 11.3 Å². The first-order chi connectivity index (χ1) is 16.4. The quantitative estimate of drug-likeness (QED) is 0.333. The number of ether oxygens (including phenoxy) is 1. The van der Waals surface area contributed by atoms with Gasteiger partial charge in [0.1, 0.15) is 11.6 Å². The van der Waals surface area contributed by atoms with E-state index < -0.39 is 5.82 Å². The summed E-state index contributed by atoms with van der Waals surface area (Å²) in [7, 11) is 0. The summed E-state index contributed by atoms with van der Waals surface area (Å²) in [4.78, 5) is 27.1. The summed E-state index contributed by atoms with van der Waals surface area (Å²) >= 11 is 6.52. The monoisotopic (exact) mass is 492 g/mol. The molecule has 1 N–H and O–H groups in total. The summed E-state index contributed by atoms with van der Waals surface area (Å²) in [6.45, 7) is 1.89. The first-order valence-electron chi connectivity index (χ1n) is 10.6. The van der Waals surface area contributed by atoms with Crippen molar-refractivity contribution >= 4 is 57.6 Å². The molecule has 0 spiro atoms. The largest absolute Gasteiger partial charge is 0.483 e. The number of thioether (sulfide) groups is 1. The Morgan fingerprint density at radius 2 is 1.79 bits per heavy atom. The number of carbonyl (C=O) groups is 2. The summed E-state index contributed by atoms with van der Waals surface area (Å²) in [6.07, 6.45) is 2.61. The number of thiocarbonyl (C=S) groups is 1. The van der Waals surface area contributed by atoms with Crippen molar-refractivity contribution in [1.29, 1.82) is 0 Å². The van der Waals surface area contributed by atoms with Crippen LogP contribution in [0.1, 0.15) is 18.1 Å². The van der Waals surface area contributed by atoms with Gasteiger partial charge in [-0.05, 0) is 60.5 Å². The van der Waals surface area contributed by atoms with E-state index in [-0.39, 0.29) is 18.4 Å². The van der Waals surface area contributed by atoms with Crippen molar-refractivity contribution in [2.45, 2.75) is 13.3 Å². The molecule has 1 aliphatic rings. The fourth-order valence-electron chi connectivity index (χ4n) is 3.32. The molecular formula is C26H21FN2O3S2. The van der Waals surface area contributed by atoms with Crippen LogP contribution in [0, 0.1) is 5.82 Å². The van der Waals surface area contributed by atoms with Gasteiger partial charge >= 0.3 is 0 Å². The van der Waals surface area contributed by atoms with Crippen LogP contribution in [0.4, 0.5) is 15.8 Å². The Morgan fingerprint density at radius 1 is 1.09 bits per heavy atom. The van der Waals surface area contributed by atoms with Gasteiger partial charge in [-0.3, -0.25) is 14.5 Å². The molecule has 3 aromatic rings. The second-order valence-electron chi connectivity index (χ2n) is 7.42. The lowest BCUT2D eigenvalue weighted by Crippen LogP contribution is -2.27. The van der Waals surface area contributed by atoms with Crippen molar-refractivity contribution in [2.24, 2.45) is 0 Å². The number of amides is 2. The number of para-hydroxylation sites is 1. The van der Waals surface area contributed by atoms with Crippen molar-refractivity contribution in [3.05, 3.63) is 94.6 Å². The van der Waals surface area contributed by atoms with Gasteiger partial charge in [-0.1, -0.05) is 61.2 Å². The Kier molecular flexibility index (Phi) is 7.40. The van der Waals surface area contributed by atoms with Crippen LogP contribution in [0.2, 0.25) is 0 Å². The number of rotatable bonds is 7. The Bertz CT molecular complexity index is 1260. The topological polar surface area (TPSA) is 58.6 Å². The van der Waals surface area contributed by atoms with Gasteiger partial charge in [0.05, 0.1) is 10.6 Å². The minimum atomic E-state index is -0.391. The number of carbonyl (C=O) groups excluding carboxylic acids is 2. The molecule has 1 saturated heterocycles. The van der Waals surface area contributed by atoms with Crippen LogP contribution in [0.25, 0.3) is 6.08 Å². The third kappa shape index (κ3) is 5.52. The van der Waals surface area contributed by atoms with E-state index in [1.807, 2.05) is 30.3 Å². The van der Waals surface area contributed by atoms with Gasteiger partial charge in [-0.15, -0.1) is 0 Å². The molecule has 0 aromatic heterocycles. The van der Waals surface area contributed by atoms with E-state index in [1.165, 1.54) is 34.7 Å². The predicted molar refractivity (Wildman–Crippen MR) is 138 cm³/mol. The minimum Gasteiger partial charge on any atom is -0.483 e. The summed E-state index contributed by atoms with van der Waals surface area (Å²) in [6, 6.07) is 20.4. The molecule has 0 saturated carbocycles. The highest BCUT2D eigenvalue weighted by atomic mass is 32.2. The number of halogens is 1. The highest BCUT2D eigenvalue weighted by Gasteiger charge is 2.33. The number of hydrogen-bond acceptors (Lipinski definition) is 5. The zero-order chi connectivity index (χ0) is 24.1. The predicted octanol–water partition coefficient (Wildman–Crippen LogP) is 5.81. The number of aryl methyl sites for hydroxylation is 1. The first kappa shape index (κ1) is 23.7. The van der Waals surface area contributed by atoms with Crippen LogP contribution in [0.15, 0.2) is 77.7 Å². The van der Waals surface area contributed by atoms with E-state index in [4.69, 9.17) is 17.0 Å². The van der Waals surface area contributed by atoms with E-state index in [2.05, 4.69) is 12.2 Å². The average molecular weight is 493 g/mol. The Labute approximate surface area is 206 Å². The summed E-state index contributed by atoms with van der Waals surface area (Å²) in [5, 5.41) is 2.81. The molecule has 172 valence electrons. The molecule has 0 aliphatic carbocycles. The third-order valence-corrected chi connectivity index (χ3v) is 6.39. The van der Waals surface area contributed by atoms with Crippen LogP contribution in [0.3, 0.4) is 0 Å². The van der Waals surface area contributed by atoms with Crippen molar-refractivity contribution < 1.29 is 18.7 Å². The smallest absolute Gasteiger partial charge is 0.270 e. The van der Waals surface area contributed by atoms with Crippen LogP contribution in [-0.2, 0) is 16.0 Å². The molecule has 1 fully saturated rings. The van der Waals surface area contributed by atoms with Crippen molar-refractivity contribution in [1.82, 2.24) is 0 Å². The molecule has 0 radical (unpaired) electrons. The first-order valence-corrected chi connectivity index (χ1v) is 11.8. The van der Waals surface area contributed by atoms with Gasteiger partial charge in [0.2, 0.25) is 0 Å². The van der Waals surface area contributed by atoms with Gasteiger partial charge in [0.25, 0.3) is 11.8 Å². The lowest BCUT2D eigenvalue weighted by Gasteiger charge is -2.14. The van der Waals surface area contributed by atoms with E-state index in [1.54, 1.807) is 24.3 Å². The molecule has 3 aromatic carbocycles. The van der Waals surface area contributed by atoms with Crippen molar-refractivity contribution in [2.75, 3.05) is 16.8 Å². The Balaban J connectivity index is 1.45. The van der Waals surface area contributed by atoms with E-state index >= 15 is 0 Å². The molecule has 5 nitrogen and oxygen atoms in total. The van der Waals surface area contributed by atoms with Crippen LogP contribution >= 0.6 is 24.0 Å². The van der Waals surface area contributed by atoms with Crippen LogP contribution in [-0.4, -0.2) is 22.7 Å². The standard InChI is InChI=1S/C26H21FN2O3S2/c1-2-17-7-11-20(12-8-17)28-24(30)16-32-22-6-4-3-5-18(22)15-23-25(31)29(26(33)34-23)21-13-9-19(27)10-14-21/h3-15H,2,16H2,1H3,(H,28,30)/b23-15-. The lowest BCUT2D eigenvalue weighted by molar-refractivity contribution is -0.118. The molecule has 1 aliphatic heterocycles. The van der Waals surface area contributed by atoms with E-state index in [9.17, 15) is 14.0 Å². The highest BCUT2D eigenvalue weighted by Crippen LogP contribution is 2.37. The molecule has 2 amide bonds. The fraction of sp³-hybridized carbons (Fsp3) is 0.115. The van der Waals surface area contributed by atoms with Gasteiger partial charge in [-0.2, -0.15) is 0 Å². The molecule has 8 heteroatoms. The molecule has 1 heterocycles. The minimum absolute atomic E-state index is 0.184. The van der Waals surface area contributed by atoms with Crippen LogP contribution in [0.5, 0.6) is 5.75 Å². The lowest BCUT2D eigenvalue weighted by atomic mass is 10.1.